The number of rotatable bonds is 7. The van der Waals surface area contributed by atoms with Crippen molar-refractivity contribution < 1.29 is 18.0 Å². The first kappa shape index (κ1) is 23.6. The Bertz CT molecular complexity index is 1290. The van der Waals surface area contributed by atoms with Crippen LogP contribution in [0.2, 0.25) is 0 Å². The number of carbonyl (C=O) groups excluding carboxylic acids is 2. The number of nitrogens with zero attached hydrogens (tertiary/aromatic N) is 4. The van der Waals surface area contributed by atoms with Crippen LogP contribution in [-0.4, -0.2) is 59.5 Å². The summed E-state index contributed by atoms with van der Waals surface area (Å²) in [4.78, 5) is 31.4. The fourth-order valence-electron chi connectivity index (χ4n) is 4.12. The highest BCUT2D eigenvalue weighted by molar-refractivity contribution is 7.89. The van der Waals surface area contributed by atoms with Crippen molar-refractivity contribution in [2.24, 2.45) is 0 Å². The summed E-state index contributed by atoms with van der Waals surface area (Å²) >= 11 is 0. The number of carbonyl (C=O) groups is 2. The summed E-state index contributed by atoms with van der Waals surface area (Å²) in [5.74, 6) is -0.602. The molecule has 11 heteroatoms. The summed E-state index contributed by atoms with van der Waals surface area (Å²) in [6, 6.07) is 11.7. The Morgan fingerprint density at radius 3 is 2.65 bits per heavy atom. The van der Waals surface area contributed by atoms with E-state index in [9.17, 15) is 18.0 Å². The Balaban J connectivity index is 1.54. The van der Waals surface area contributed by atoms with E-state index in [-0.39, 0.29) is 29.7 Å². The van der Waals surface area contributed by atoms with Crippen molar-refractivity contribution in [1.29, 1.82) is 0 Å². The van der Waals surface area contributed by atoms with Gasteiger partial charge in [0.05, 0.1) is 11.4 Å². The van der Waals surface area contributed by atoms with Crippen LogP contribution in [0, 0.1) is 13.8 Å². The fourth-order valence-corrected chi connectivity index (χ4v) is 5.11. The summed E-state index contributed by atoms with van der Waals surface area (Å²) < 4.78 is 29.0. The molecule has 1 aromatic carbocycles. The van der Waals surface area contributed by atoms with Gasteiger partial charge in [0.2, 0.25) is 21.8 Å². The second kappa shape index (κ2) is 9.74. The highest BCUT2D eigenvalue weighted by Crippen LogP contribution is 2.30. The van der Waals surface area contributed by atoms with Gasteiger partial charge >= 0.3 is 0 Å². The van der Waals surface area contributed by atoms with E-state index in [0.29, 0.717) is 24.3 Å². The predicted octanol–water partition coefficient (Wildman–Crippen LogP) is 1.25. The van der Waals surface area contributed by atoms with Gasteiger partial charge in [0.25, 0.3) is 0 Å². The smallest absolute Gasteiger partial charge is 0.247 e. The molecule has 4 rings (SSSR count). The third-order valence-corrected chi connectivity index (χ3v) is 7.18. The van der Waals surface area contributed by atoms with Crippen molar-refractivity contribution in [2.45, 2.75) is 31.2 Å². The monoisotopic (exact) mass is 482 g/mol. The molecule has 2 amide bonds. The molecule has 0 saturated carbocycles. The van der Waals surface area contributed by atoms with Gasteiger partial charge in [-0.3, -0.25) is 14.6 Å². The number of para-hydroxylation sites is 1. The van der Waals surface area contributed by atoms with Crippen molar-refractivity contribution in [3.63, 3.8) is 0 Å². The van der Waals surface area contributed by atoms with Gasteiger partial charge in [-0.15, -0.1) is 0 Å². The maximum atomic E-state index is 13.1. The molecule has 2 N–H and O–H groups in total. The summed E-state index contributed by atoms with van der Waals surface area (Å²) in [5, 5.41) is 7.45. The number of hydrogen-bond acceptors (Lipinski definition) is 6. The van der Waals surface area contributed by atoms with E-state index in [0.717, 1.165) is 11.4 Å². The van der Waals surface area contributed by atoms with Crippen LogP contribution >= 0.6 is 0 Å². The largest absolute Gasteiger partial charge is 0.352 e. The first-order valence-electron chi connectivity index (χ1n) is 10.9. The molecule has 2 aromatic heterocycles. The molecule has 0 radical (unpaired) electrons. The van der Waals surface area contributed by atoms with E-state index in [2.05, 4.69) is 20.1 Å². The van der Waals surface area contributed by atoms with Gasteiger partial charge in [-0.2, -0.15) is 5.10 Å². The van der Waals surface area contributed by atoms with Gasteiger partial charge in [0, 0.05) is 49.7 Å². The van der Waals surface area contributed by atoms with Gasteiger partial charge in [0.1, 0.15) is 10.9 Å². The third kappa shape index (κ3) is 4.70. The molecule has 0 bridgehead atoms. The molecule has 0 aliphatic carbocycles. The quantitative estimate of drug-likeness (QED) is 0.522. The lowest BCUT2D eigenvalue weighted by Crippen LogP contribution is -2.52. The van der Waals surface area contributed by atoms with Crippen LogP contribution in [0.25, 0.3) is 5.69 Å². The third-order valence-electron chi connectivity index (χ3n) is 5.73. The van der Waals surface area contributed by atoms with Gasteiger partial charge < -0.3 is 10.2 Å². The summed E-state index contributed by atoms with van der Waals surface area (Å²) in [6.07, 6.45) is 2.63. The minimum Gasteiger partial charge on any atom is -0.352 e. The van der Waals surface area contributed by atoms with E-state index in [4.69, 9.17) is 0 Å². The second-order valence-electron chi connectivity index (χ2n) is 7.95. The molecule has 1 atom stereocenters. The van der Waals surface area contributed by atoms with Crippen LogP contribution in [-0.2, 0) is 19.6 Å². The minimum absolute atomic E-state index is 0.0252. The number of benzene rings is 1. The molecular weight excluding hydrogens is 456 g/mol. The maximum absolute atomic E-state index is 13.1. The standard InChI is InChI=1S/C23H26N6O4S/c1-16-21(17(2)29(27-16)18-7-4-3-5-8-18)22-23(31)25-13-14-28(22)20(30)10-12-26-34(32,33)19-9-6-11-24-15-19/h3-9,11,15,22,26H,10,12-14H2,1-2H3,(H,25,31). The number of hydrogen-bond donors (Lipinski definition) is 2. The van der Waals surface area contributed by atoms with Crippen molar-refractivity contribution in [3.8, 4) is 5.69 Å². The number of nitrogens with one attached hydrogen (secondary N) is 2. The van der Waals surface area contributed by atoms with Crippen molar-refractivity contribution >= 4 is 21.8 Å². The highest BCUT2D eigenvalue weighted by atomic mass is 32.2. The SMILES string of the molecule is Cc1nn(-c2ccccc2)c(C)c1C1C(=O)NCCN1C(=O)CCNS(=O)(=O)c1cccnc1. The first-order valence-corrected chi connectivity index (χ1v) is 12.4. The minimum atomic E-state index is -3.78. The summed E-state index contributed by atoms with van der Waals surface area (Å²) in [5.41, 5.74) is 2.94. The summed E-state index contributed by atoms with van der Waals surface area (Å²) in [6.45, 7) is 4.23. The lowest BCUT2D eigenvalue weighted by Gasteiger charge is -2.35. The first-order chi connectivity index (χ1) is 16.3. The fraction of sp³-hybridized carbons (Fsp3) is 0.304. The zero-order chi connectivity index (χ0) is 24.3. The molecule has 1 unspecified atom stereocenters. The van der Waals surface area contributed by atoms with Gasteiger partial charge in [-0.05, 0) is 38.1 Å². The molecule has 1 aliphatic rings. The molecule has 1 aliphatic heterocycles. The zero-order valence-corrected chi connectivity index (χ0v) is 19.7. The van der Waals surface area contributed by atoms with Crippen LogP contribution < -0.4 is 10.0 Å². The Hall–Kier alpha value is -3.57. The van der Waals surface area contributed by atoms with Gasteiger partial charge in [0.15, 0.2) is 0 Å². The van der Waals surface area contributed by atoms with Crippen molar-refractivity contribution in [2.75, 3.05) is 19.6 Å². The van der Waals surface area contributed by atoms with E-state index < -0.39 is 16.1 Å². The number of aryl methyl sites for hydroxylation is 1. The van der Waals surface area contributed by atoms with Crippen molar-refractivity contribution in [1.82, 2.24) is 29.7 Å². The average Bonchev–Trinajstić information content (AvgIpc) is 3.13. The zero-order valence-electron chi connectivity index (χ0n) is 18.9. The van der Waals surface area contributed by atoms with E-state index in [1.807, 2.05) is 44.2 Å². The normalized spacial score (nSPS) is 16.4. The molecule has 1 saturated heterocycles. The number of pyridine rings is 1. The highest BCUT2D eigenvalue weighted by Gasteiger charge is 2.37. The van der Waals surface area contributed by atoms with E-state index in [1.165, 1.54) is 29.4 Å². The van der Waals surface area contributed by atoms with Gasteiger partial charge in [-0.25, -0.2) is 17.8 Å². The van der Waals surface area contributed by atoms with Crippen LogP contribution in [0.3, 0.4) is 0 Å². The number of piperazine rings is 1. The molecule has 3 aromatic rings. The molecule has 3 heterocycles. The van der Waals surface area contributed by atoms with E-state index >= 15 is 0 Å². The van der Waals surface area contributed by atoms with Crippen LogP contribution in [0.5, 0.6) is 0 Å². The molecule has 1 fully saturated rings. The number of aromatic nitrogens is 3. The number of sulfonamides is 1. The Morgan fingerprint density at radius 1 is 1.18 bits per heavy atom. The molecular formula is C23H26N6O4S. The number of amides is 2. The van der Waals surface area contributed by atoms with Crippen LogP contribution in [0.4, 0.5) is 0 Å². The van der Waals surface area contributed by atoms with Crippen LogP contribution in [0.15, 0.2) is 59.8 Å². The topological polar surface area (TPSA) is 126 Å². The molecule has 0 spiro atoms. The lowest BCUT2D eigenvalue weighted by molar-refractivity contribution is -0.143. The predicted molar refractivity (Wildman–Crippen MR) is 125 cm³/mol. The Kier molecular flexibility index (Phi) is 6.75. The second-order valence-corrected chi connectivity index (χ2v) is 9.72. The maximum Gasteiger partial charge on any atom is 0.247 e. The Labute approximate surface area is 198 Å². The van der Waals surface area contributed by atoms with Crippen LogP contribution in [0.1, 0.15) is 29.4 Å². The Morgan fingerprint density at radius 2 is 1.94 bits per heavy atom. The lowest BCUT2D eigenvalue weighted by atomic mass is 10.00. The van der Waals surface area contributed by atoms with Gasteiger partial charge in [-0.1, -0.05) is 18.2 Å². The summed E-state index contributed by atoms with van der Waals surface area (Å²) in [7, 11) is -3.78. The van der Waals surface area contributed by atoms with E-state index in [1.54, 1.807) is 4.68 Å². The van der Waals surface area contributed by atoms with Crippen molar-refractivity contribution in [3.05, 3.63) is 71.8 Å². The molecule has 178 valence electrons. The molecule has 10 nitrogen and oxygen atoms in total. The molecule has 34 heavy (non-hydrogen) atoms. The average molecular weight is 483 g/mol.